The summed E-state index contributed by atoms with van der Waals surface area (Å²) in [5.41, 5.74) is 2.78. The van der Waals surface area contributed by atoms with Crippen molar-refractivity contribution in [1.82, 2.24) is 9.13 Å². The zero-order chi connectivity index (χ0) is 24.1. The van der Waals surface area contributed by atoms with E-state index in [9.17, 15) is 14.4 Å². The van der Waals surface area contributed by atoms with E-state index in [0.29, 0.717) is 42.7 Å². The molecule has 0 fully saturated rings. The Labute approximate surface area is 194 Å². The van der Waals surface area contributed by atoms with Gasteiger partial charge in [-0.25, -0.2) is 4.79 Å². The third-order valence-electron chi connectivity index (χ3n) is 5.87. The van der Waals surface area contributed by atoms with Crippen molar-refractivity contribution in [2.45, 2.75) is 60.5 Å². The molecule has 7 nitrogen and oxygen atoms in total. The number of fused-ring (bicyclic) bond motifs is 1. The van der Waals surface area contributed by atoms with Crippen molar-refractivity contribution in [1.29, 1.82) is 0 Å². The molecule has 0 radical (unpaired) electrons. The molecule has 7 heteroatoms. The first kappa shape index (κ1) is 24.3. The molecule has 0 aliphatic carbocycles. The quantitative estimate of drug-likeness (QED) is 0.527. The molecule has 0 bridgehead atoms. The number of carbonyl (C=O) groups is 1. The molecule has 0 saturated heterocycles. The normalized spacial score (nSPS) is 12.0. The lowest BCUT2D eigenvalue weighted by atomic mass is 10.0. The number of ether oxygens (including phenoxy) is 1. The molecule has 0 aliphatic rings. The SMILES string of the molecule is CCn1c(=O)c2cc(NC(=O)CC(C)CCOc3ccc(C)cc3C)ccc2n(CC)c1=O. The fraction of sp³-hybridized carbons (Fsp3) is 0.423. The van der Waals surface area contributed by atoms with Crippen LogP contribution in [0.15, 0.2) is 46.0 Å². The second kappa shape index (κ2) is 10.5. The van der Waals surface area contributed by atoms with Gasteiger partial charge in [0.15, 0.2) is 0 Å². The van der Waals surface area contributed by atoms with Crippen molar-refractivity contribution in [3.05, 3.63) is 68.4 Å². The van der Waals surface area contributed by atoms with Gasteiger partial charge in [-0.05, 0) is 69.9 Å². The Morgan fingerprint density at radius 1 is 1.03 bits per heavy atom. The lowest BCUT2D eigenvalue weighted by Crippen LogP contribution is -2.39. The van der Waals surface area contributed by atoms with Gasteiger partial charge >= 0.3 is 5.69 Å². The van der Waals surface area contributed by atoms with Crippen LogP contribution in [0.3, 0.4) is 0 Å². The van der Waals surface area contributed by atoms with Gasteiger partial charge in [-0.3, -0.25) is 18.7 Å². The summed E-state index contributed by atoms with van der Waals surface area (Å²) in [7, 11) is 0. The van der Waals surface area contributed by atoms with E-state index in [1.165, 1.54) is 10.1 Å². The van der Waals surface area contributed by atoms with Gasteiger partial charge in [-0.2, -0.15) is 0 Å². The minimum atomic E-state index is -0.338. The van der Waals surface area contributed by atoms with Gasteiger partial charge in [0.05, 0.1) is 17.5 Å². The van der Waals surface area contributed by atoms with Crippen LogP contribution in [0.5, 0.6) is 5.75 Å². The summed E-state index contributed by atoms with van der Waals surface area (Å²) in [4.78, 5) is 37.8. The molecule has 0 aliphatic heterocycles. The van der Waals surface area contributed by atoms with Crippen molar-refractivity contribution in [2.24, 2.45) is 5.92 Å². The van der Waals surface area contributed by atoms with Crippen LogP contribution in [0.4, 0.5) is 5.69 Å². The average molecular weight is 452 g/mol. The average Bonchev–Trinajstić information content (AvgIpc) is 2.76. The smallest absolute Gasteiger partial charge is 0.331 e. The fourth-order valence-electron chi connectivity index (χ4n) is 4.05. The number of amides is 1. The Hall–Kier alpha value is -3.35. The minimum Gasteiger partial charge on any atom is -0.493 e. The zero-order valence-electron chi connectivity index (χ0n) is 20.1. The van der Waals surface area contributed by atoms with E-state index in [4.69, 9.17) is 4.74 Å². The molecule has 0 spiro atoms. The van der Waals surface area contributed by atoms with Gasteiger partial charge in [0.25, 0.3) is 5.56 Å². The van der Waals surface area contributed by atoms with Gasteiger partial charge in [-0.15, -0.1) is 0 Å². The lowest BCUT2D eigenvalue weighted by Gasteiger charge is -2.15. The number of hydrogen-bond donors (Lipinski definition) is 1. The molecule has 1 aromatic heterocycles. The van der Waals surface area contributed by atoms with E-state index in [1.54, 1.807) is 29.7 Å². The Morgan fingerprint density at radius 3 is 2.42 bits per heavy atom. The van der Waals surface area contributed by atoms with Gasteiger partial charge in [0, 0.05) is 25.2 Å². The lowest BCUT2D eigenvalue weighted by molar-refractivity contribution is -0.117. The Morgan fingerprint density at radius 2 is 1.76 bits per heavy atom. The predicted molar refractivity (Wildman–Crippen MR) is 132 cm³/mol. The van der Waals surface area contributed by atoms with Crippen LogP contribution in [0.25, 0.3) is 10.9 Å². The highest BCUT2D eigenvalue weighted by Gasteiger charge is 2.14. The number of aromatic nitrogens is 2. The largest absolute Gasteiger partial charge is 0.493 e. The number of nitrogens with zero attached hydrogens (tertiary/aromatic N) is 2. The van der Waals surface area contributed by atoms with Crippen LogP contribution >= 0.6 is 0 Å². The number of aryl methyl sites for hydroxylation is 3. The third kappa shape index (κ3) is 5.53. The van der Waals surface area contributed by atoms with E-state index in [0.717, 1.165) is 17.7 Å². The molecule has 1 unspecified atom stereocenters. The van der Waals surface area contributed by atoms with E-state index >= 15 is 0 Å². The van der Waals surface area contributed by atoms with Crippen molar-refractivity contribution < 1.29 is 9.53 Å². The Kier molecular flexibility index (Phi) is 7.74. The molecular formula is C26H33N3O4. The molecule has 1 heterocycles. The van der Waals surface area contributed by atoms with E-state index in [1.807, 2.05) is 32.9 Å². The number of nitrogens with one attached hydrogen (secondary N) is 1. The molecular weight excluding hydrogens is 418 g/mol. The highest BCUT2D eigenvalue weighted by molar-refractivity contribution is 5.93. The van der Waals surface area contributed by atoms with Crippen LogP contribution in [0.1, 0.15) is 44.7 Å². The maximum absolute atomic E-state index is 12.8. The highest BCUT2D eigenvalue weighted by atomic mass is 16.5. The molecule has 33 heavy (non-hydrogen) atoms. The van der Waals surface area contributed by atoms with Crippen LogP contribution in [0, 0.1) is 19.8 Å². The molecule has 1 atom stereocenters. The molecule has 3 rings (SSSR count). The van der Waals surface area contributed by atoms with Crippen LogP contribution in [0.2, 0.25) is 0 Å². The number of hydrogen-bond acceptors (Lipinski definition) is 4. The van der Waals surface area contributed by atoms with Crippen LogP contribution < -0.4 is 21.3 Å². The van der Waals surface area contributed by atoms with Crippen molar-refractivity contribution in [3.63, 3.8) is 0 Å². The van der Waals surface area contributed by atoms with Gasteiger partial charge in [0.2, 0.25) is 5.91 Å². The zero-order valence-corrected chi connectivity index (χ0v) is 20.1. The van der Waals surface area contributed by atoms with Crippen molar-refractivity contribution in [2.75, 3.05) is 11.9 Å². The minimum absolute atomic E-state index is 0.118. The summed E-state index contributed by atoms with van der Waals surface area (Å²) >= 11 is 0. The monoisotopic (exact) mass is 451 g/mol. The second-order valence-corrected chi connectivity index (χ2v) is 8.57. The fourth-order valence-corrected chi connectivity index (χ4v) is 4.05. The Bertz CT molecular complexity index is 1270. The number of rotatable bonds is 9. The first-order valence-electron chi connectivity index (χ1n) is 11.5. The molecule has 0 saturated carbocycles. The summed E-state index contributed by atoms with van der Waals surface area (Å²) in [6, 6.07) is 11.2. The van der Waals surface area contributed by atoms with E-state index in [-0.39, 0.29) is 23.1 Å². The summed E-state index contributed by atoms with van der Waals surface area (Å²) in [5.74, 6) is 0.892. The molecule has 1 amide bonds. The standard InChI is InChI=1S/C26H33N3O4/c1-6-28-22-10-9-20(16-21(22)25(31)29(7-2)26(28)32)27-24(30)15-18(4)12-13-33-23-11-8-17(3)14-19(23)5/h8-11,14,16,18H,6-7,12-13,15H2,1-5H3,(H,27,30). The number of carbonyl (C=O) groups excluding carboxylic acids is 1. The van der Waals surface area contributed by atoms with Crippen molar-refractivity contribution in [3.8, 4) is 5.75 Å². The summed E-state index contributed by atoms with van der Waals surface area (Å²) in [6.45, 7) is 11.0. The third-order valence-corrected chi connectivity index (χ3v) is 5.87. The van der Waals surface area contributed by atoms with Gasteiger partial charge in [0.1, 0.15) is 5.75 Å². The first-order valence-corrected chi connectivity index (χ1v) is 11.5. The van der Waals surface area contributed by atoms with E-state index in [2.05, 4.69) is 18.3 Å². The first-order chi connectivity index (χ1) is 15.7. The maximum Gasteiger partial charge on any atom is 0.331 e. The predicted octanol–water partition coefficient (Wildman–Crippen LogP) is 4.25. The highest BCUT2D eigenvalue weighted by Crippen LogP contribution is 2.20. The van der Waals surface area contributed by atoms with Gasteiger partial charge < -0.3 is 10.1 Å². The van der Waals surface area contributed by atoms with E-state index < -0.39 is 0 Å². The topological polar surface area (TPSA) is 82.3 Å². The maximum atomic E-state index is 12.8. The number of anilines is 1. The van der Waals surface area contributed by atoms with Crippen LogP contribution in [-0.2, 0) is 17.9 Å². The second-order valence-electron chi connectivity index (χ2n) is 8.57. The Balaban J connectivity index is 1.64. The van der Waals surface area contributed by atoms with Crippen molar-refractivity contribution >= 4 is 22.5 Å². The summed E-state index contributed by atoms with van der Waals surface area (Å²) in [5, 5.41) is 3.31. The molecule has 176 valence electrons. The summed E-state index contributed by atoms with van der Waals surface area (Å²) in [6.07, 6.45) is 1.10. The van der Waals surface area contributed by atoms with Gasteiger partial charge in [-0.1, -0.05) is 24.6 Å². The number of benzene rings is 2. The summed E-state index contributed by atoms with van der Waals surface area (Å²) < 4.78 is 8.67. The molecule has 3 aromatic rings. The molecule has 2 aromatic carbocycles. The molecule has 1 N–H and O–H groups in total. The van der Waals surface area contributed by atoms with Crippen LogP contribution in [-0.4, -0.2) is 21.6 Å².